The third-order valence-corrected chi connectivity index (χ3v) is 8.66. The molecule has 1 aromatic rings. The van der Waals surface area contributed by atoms with Crippen LogP contribution in [0.15, 0.2) is 35.9 Å². The van der Waals surface area contributed by atoms with Gasteiger partial charge in [-0.3, -0.25) is 9.69 Å². The van der Waals surface area contributed by atoms with E-state index in [2.05, 4.69) is 35.1 Å². The summed E-state index contributed by atoms with van der Waals surface area (Å²) in [5.74, 6) is -0.433. The van der Waals surface area contributed by atoms with Gasteiger partial charge in [0.05, 0.1) is 18.6 Å². The SMILES string of the molecule is CC=C1CN2CC[C@]34c5ccccc5N(C)[C@]23[C@@H]2C[C@H]1[C@@]4(C(=O)OC)[C@H](O)O2. The van der Waals surface area contributed by atoms with Gasteiger partial charge in [0.25, 0.3) is 0 Å². The van der Waals surface area contributed by atoms with Gasteiger partial charge in [-0.25, -0.2) is 0 Å². The minimum Gasteiger partial charge on any atom is -0.468 e. The van der Waals surface area contributed by atoms with Crippen LogP contribution in [0.5, 0.6) is 0 Å². The van der Waals surface area contributed by atoms with E-state index in [-0.39, 0.29) is 18.0 Å². The van der Waals surface area contributed by atoms with E-state index in [0.717, 1.165) is 37.2 Å². The monoisotopic (exact) mass is 382 g/mol. The van der Waals surface area contributed by atoms with Gasteiger partial charge in [0, 0.05) is 31.7 Å². The fraction of sp³-hybridized carbons (Fsp3) is 0.591. The number of nitrogens with zero attached hydrogens (tertiary/aromatic N) is 2. The van der Waals surface area contributed by atoms with Gasteiger partial charge in [0.15, 0.2) is 6.29 Å². The van der Waals surface area contributed by atoms with Crippen molar-refractivity contribution in [3.63, 3.8) is 0 Å². The van der Waals surface area contributed by atoms with E-state index < -0.39 is 22.8 Å². The van der Waals surface area contributed by atoms with Crippen LogP contribution >= 0.6 is 0 Å². The lowest BCUT2D eigenvalue weighted by Crippen LogP contribution is -2.83. The summed E-state index contributed by atoms with van der Waals surface area (Å²) in [5, 5.41) is 11.4. The van der Waals surface area contributed by atoms with E-state index in [4.69, 9.17) is 9.47 Å². The summed E-state index contributed by atoms with van der Waals surface area (Å²) in [4.78, 5) is 18.5. The van der Waals surface area contributed by atoms with E-state index >= 15 is 0 Å². The first-order valence-electron chi connectivity index (χ1n) is 10.2. The molecular formula is C22H26N2O4. The molecule has 1 aromatic carbocycles. The molecule has 6 nitrogen and oxygen atoms in total. The van der Waals surface area contributed by atoms with Gasteiger partial charge in [0.2, 0.25) is 0 Å². The Hall–Kier alpha value is -1.89. The zero-order valence-corrected chi connectivity index (χ0v) is 16.5. The minimum atomic E-state index is -1.18. The fourth-order valence-electron chi connectivity index (χ4n) is 8.01. The van der Waals surface area contributed by atoms with Crippen LogP contribution < -0.4 is 4.90 Å². The van der Waals surface area contributed by atoms with Crippen LogP contribution in [-0.2, 0) is 19.7 Å². The van der Waals surface area contributed by atoms with Crippen molar-refractivity contribution in [1.82, 2.24) is 4.90 Å². The maximum Gasteiger partial charge on any atom is 0.318 e. The first-order chi connectivity index (χ1) is 13.5. The van der Waals surface area contributed by atoms with Crippen LogP contribution in [-0.4, -0.2) is 61.3 Å². The molecule has 1 N–H and O–H groups in total. The van der Waals surface area contributed by atoms with Crippen molar-refractivity contribution in [2.75, 3.05) is 32.1 Å². The summed E-state index contributed by atoms with van der Waals surface area (Å²) in [6.45, 7) is 3.71. The Morgan fingerprint density at radius 2 is 2.18 bits per heavy atom. The number of hydrogen-bond acceptors (Lipinski definition) is 6. The molecular weight excluding hydrogens is 356 g/mol. The normalized spacial score (nSPS) is 48.6. The highest BCUT2D eigenvalue weighted by atomic mass is 16.6. The highest BCUT2D eigenvalue weighted by Crippen LogP contribution is 2.77. The number of aliphatic hydroxyl groups is 1. The smallest absolute Gasteiger partial charge is 0.318 e. The van der Waals surface area contributed by atoms with Crippen molar-refractivity contribution < 1.29 is 19.4 Å². The number of allylic oxidation sites excluding steroid dienone is 1. The lowest BCUT2D eigenvalue weighted by molar-refractivity contribution is -0.331. The van der Waals surface area contributed by atoms with Crippen molar-refractivity contribution in [3.8, 4) is 0 Å². The number of aliphatic hydroxyl groups excluding tert-OH is 1. The standard InChI is InChI=1S/C22H26N2O4/c1-4-13-12-24-10-9-20-14-7-5-6-8-16(14)23(2)22(20,24)17-11-15(13)21(20,18(25)27-3)19(26)28-17/h4-8,15,17,19,26H,9-12H2,1-3H3/t15-,17+,19-,20-,21-,22-/m1/s1. The molecule has 5 saturated heterocycles. The molecule has 6 fully saturated rings. The summed E-state index contributed by atoms with van der Waals surface area (Å²) >= 11 is 0. The highest BCUT2D eigenvalue weighted by molar-refractivity contribution is 5.87. The topological polar surface area (TPSA) is 62.2 Å². The second-order valence-corrected chi connectivity index (χ2v) is 8.87. The number of rotatable bonds is 1. The number of ether oxygens (including phenoxy) is 2. The highest BCUT2D eigenvalue weighted by Gasteiger charge is 2.89. The Kier molecular flexibility index (Phi) is 3.03. The summed E-state index contributed by atoms with van der Waals surface area (Å²) in [6, 6.07) is 8.37. The minimum absolute atomic E-state index is 0.0864. The van der Waals surface area contributed by atoms with E-state index in [0.29, 0.717) is 0 Å². The third kappa shape index (κ3) is 1.31. The quantitative estimate of drug-likeness (QED) is 0.589. The van der Waals surface area contributed by atoms with Crippen LogP contribution in [0.3, 0.4) is 0 Å². The molecule has 1 unspecified atom stereocenters. The van der Waals surface area contributed by atoms with Gasteiger partial charge in [-0.1, -0.05) is 29.8 Å². The van der Waals surface area contributed by atoms with E-state index in [1.807, 2.05) is 19.1 Å². The average molecular weight is 382 g/mol. The molecule has 1 saturated carbocycles. The molecule has 7 atom stereocenters. The summed E-state index contributed by atoms with van der Waals surface area (Å²) in [7, 11) is 3.56. The van der Waals surface area contributed by atoms with Crippen molar-refractivity contribution in [1.29, 1.82) is 0 Å². The Morgan fingerprint density at radius 1 is 1.39 bits per heavy atom. The lowest BCUT2D eigenvalue weighted by Gasteiger charge is -2.67. The number of anilines is 1. The number of hydrogen-bond donors (Lipinski definition) is 1. The molecule has 6 bridgehead atoms. The molecule has 0 radical (unpaired) electrons. The number of para-hydroxylation sites is 1. The van der Waals surface area contributed by atoms with E-state index in [1.54, 1.807) is 0 Å². The van der Waals surface area contributed by atoms with Gasteiger partial charge in [-0.15, -0.1) is 0 Å². The zero-order chi connectivity index (χ0) is 19.5. The maximum absolute atomic E-state index is 13.7. The van der Waals surface area contributed by atoms with Crippen molar-refractivity contribution in [2.45, 2.75) is 43.2 Å². The van der Waals surface area contributed by atoms with Crippen molar-refractivity contribution in [3.05, 3.63) is 41.5 Å². The van der Waals surface area contributed by atoms with Gasteiger partial charge in [-0.05, 0) is 31.4 Å². The zero-order valence-electron chi connectivity index (χ0n) is 16.5. The maximum atomic E-state index is 13.7. The van der Waals surface area contributed by atoms with Crippen LogP contribution in [0.2, 0.25) is 0 Å². The number of carbonyl (C=O) groups excluding carboxylic acids is 1. The van der Waals surface area contributed by atoms with Gasteiger partial charge in [-0.2, -0.15) is 0 Å². The second-order valence-electron chi connectivity index (χ2n) is 8.87. The number of likely N-dealkylation sites (N-methyl/N-ethyl adjacent to an activating group) is 1. The molecule has 6 heteroatoms. The number of benzene rings is 1. The Balaban J connectivity index is 1.80. The van der Waals surface area contributed by atoms with Crippen LogP contribution in [0.4, 0.5) is 5.69 Å². The molecule has 0 amide bonds. The first kappa shape index (κ1) is 17.0. The largest absolute Gasteiger partial charge is 0.468 e. The molecule has 148 valence electrons. The number of methoxy groups -OCH3 is 1. The molecule has 28 heavy (non-hydrogen) atoms. The van der Waals surface area contributed by atoms with Crippen molar-refractivity contribution >= 4 is 11.7 Å². The molecule has 6 heterocycles. The van der Waals surface area contributed by atoms with Crippen LogP contribution in [0.1, 0.15) is 25.3 Å². The molecule has 6 aliphatic heterocycles. The summed E-state index contributed by atoms with van der Waals surface area (Å²) < 4.78 is 11.7. The molecule has 8 rings (SSSR count). The van der Waals surface area contributed by atoms with E-state index in [9.17, 15) is 9.90 Å². The summed E-state index contributed by atoms with van der Waals surface area (Å²) in [6.07, 6.45) is 2.33. The average Bonchev–Trinajstić information content (AvgIpc) is 3.11. The Morgan fingerprint density at radius 3 is 2.93 bits per heavy atom. The van der Waals surface area contributed by atoms with E-state index in [1.165, 1.54) is 12.7 Å². The van der Waals surface area contributed by atoms with Gasteiger partial charge in [0.1, 0.15) is 11.1 Å². The Bertz CT molecular complexity index is 931. The summed E-state index contributed by atoms with van der Waals surface area (Å²) in [5.41, 5.74) is 1.31. The van der Waals surface area contributed by atoms with Gasteiger partial charge < -0.3 is 19.5 Å². The van der Waals surface area contributed by atoms with Crippen molar-refractivity contribution in [2.24, 2.45) is 11.3 Å². The number of fused-ring (bicyclic) bond motifs is 3. The molecule has 1 aliphatic carbocycles. The second kappa shape index (κ2) is 4.99. The lowest BCUT2D eigenvalue weighted by atomic mass is 9.43. The Labute approximate surface area is 164 Å². The molecule has 7 aliphatic rings. The number of carbonyl (C=O) groups is 1. The predicted octanol–water partition coefficient (Wildman–Crippen LogP) is 1.63. The van der Waals surface area contributed by atoms with Gasteiger partial charge >= 0.3 is 5.97 Å². The third-order valence-electron chi connectivity index (χ3n) is 8.66. The fourth-order valence-corrected chi connectivity index (χ4v) is 8.01. The van der Waals surface area contributed by atoms with Crippen LogP contribution in [0.25, 0.3) is 0 Å². The molecule has 1 spiro atoms. The number of esters is 1. The van der Waals surface area contributed by atoms with Crippen LogP contribution in [0, 0.1) is 11.3 Å². The molecule has 0 aromatic heterocycles. The first-order valence-corrected chi connectivity index (χ1v) is 10.2. The predicted molar refractivity (Wildman–Crippen MR) is 103 cm³/mol.